The Hall–Kier alpha value is -3.91. The highest BCUT2D eigenvalue weighted by molar-refractivity contribution is 7.80. The molecule has 0 aliphatic rings. The topological polar surface area (TPSA) is 88.7 Å². The number of para-hydroxylation sites is 1. The first-order chi connectivity index (χ1) is 16.4. The van der Waals surface area contributed by atoms with Crippen molar-refractivity contribution >= 4 is 29.1 Å². The van der Waals surface area contributed by atoms with Crippen LogP contribution in [-0.4, -0.2) is 30.1 Å². The molecule has 0 aliphatic carbocycles. The van der Waals surface area contributed by atoms with Crippen LogP contribution in [0.4, 0.5) is 0 Å². The summed E-state index contributed by atoms with van der Waals surface area (Å²) >= 11 is 5.12. The molecular formula is C26H27N3O4S. The molecule has 0 saturated heterocycles. The Labute approximate surface area is 204 Å². The molecule has 0 heterocycles. The first kappa shape index (κ1) is 24.7. The summed E-state index contributed by atoms with van der Waals surface area (Å²) < 4.78 is 11.4. The Morgan fingerprint density at radius 1 is 0.824 bits per heavy atom. The van der Waals surface area contributed by atoms with Crippen LogP contribution in [0.3, 0.4) is 0 Å². The van der Waals surface area contributed by atoms with Crippen molar-refractivity contribution in [2.75, 3.05) is 13.2 Å². The lowest BCUT2D eigenvalue weighted by Crippen LogP contribution is -2.49. The van der Waals surface area contributed by atoms with E-state index in [0.717, 1.165) is 16.7 Å². The second kappa shape index (κ2) is 12.4. The average molecular weight is 478 g/mol. The predicted octanol–water partition coefficient (Wildman–Crippen LogP) is 3.64. The summed E-state index contributed by atoms with van der Waals surface area (Å²) in [6.45, 7) is 4.12. The van der Waals surface area contributed by atoms with Crippen molar-refractivity contribution in [3.8, 4) is 11.5 Å². The van der Waals surface area contributed by atoms with Crippen molar-refractivity contribution in [1.29, 1.82) is 0 Å². The molecule has 0 saturated carbocycles. The summed E-state index contributed by atoms with van der Waals surface area (Å²) in [6, 6.07) is 22.5. The van der Waals surface area contributed by atoms with E-state index in [2.05, 4.69) is 16.2 Å². The van der Waals surface area contributed by atoms with Gasteiger partial charge in [-0.1, -0.05) is 54.6 Å². The molecule has 8 heteroatoms. The number of nitrogens with one attached hydrogen (secondary N) is 3. The molecule has 3 N–H and O–H groups in total. The molecule has 3 rings (SSSR count). The van der Waals surface area contributed by atoms with Crippen LogP contribution in [0.5, 0.6) is 11.5 Å². The Morgan fingerprint density at radius 2 is 1.53 bits per heavy atom. The number of ether oxygens (including phenoxy) is 2. The number of aryl methyl sites for hydroxylation is 1. The highest BCUT2D eigenvalue weighted by atomic mass is 32.1. The summed E-state index contributed by atoms with van der Waals surface area (Å²) in [7, 11) is 0. The highest BCUT2D eigenvalue weighted by Crippen LogP contribution is 2.20. The number of amides is 2. The molecule has 0 bridgehead atoms. The van der Waals surface area contributed by atoms with Crippen LogP contribution >= 0.6 is 12.2 Å². The van der Waals surface area contributed by atoms with Gasteiger partial charge in [0.1, 0.15) is 11.5 Å². The van der Waals surface area contributed by atoms with Crippen molar-refractivity contribution in [3.05, 3.63) is 95.1 Å². The lowest BCUT2D eigenvalue weighted by molar-refractivity contribution is -0.123. The van der Waals surface area contributed by atoms with Crippen molar-refractivity contribution in [3.63, 3.8) is 0 Å². The van der Waals surface area contributed by atoms with Crippen LogP contribution in [0.1, 0.15) is 27.0 Å². The fourth-order valence-electron chi connectivity index (χ4n) is 3.09. The first-order valence-electron chi connectivity index (χ1n) is 10.8. The molecule has 0 unspecified atom stereocenters. The van der Waals surface area contributed by atoms with Gasteiger partial charge in [-0.15, -0.1) is 0 Å². The van der Waals surface area contributed by atoms with E-state index in [-0.39, 0.29) is 11.7 Å². The molecule has 0 atom stereocenters. The van der Waals surface area contributed by atoms with Gasteiger partial charge in [0.25, 0.3) is 11.8 Å². The molecule has 3 aromatic rings. The van der Waals surface area contributed by atoms with E-state index in [4.69, 9.17) is 21.7 Å². The van der Waals surface area contributed by atoms with Gasteiger partial charge in [-0.25, -0.2) is 0 Å². The number of rotatable bonds is 8. The van der Waals surface area contributed by atoms with Gasteiger partial charge in [-0.2, -0.15) is 0 Å². The minimum atomic E-state index is -0.450. The standard InChI is InChI=1S/C26H27N3O4S/c1-18-9-8-14-22(19(18)2)33-17-24(30)28-29-26(34)27-25(31)21-12-6-7-13-23(21)32-16-15-20-10-4-3-5-11-20/h3-14H,15-17H2,1-2H3,(H,28,30)(H2,27,29,31,34). The number of carbonyl (C=O) groups excluding carboxylic acids is 2. The number of benzene rings is 3. The number of hydrogen-bond acceptors (Lipinski definition) is 5. The summed E-state index contributed by atoms with van der Waals surface area (Å²) in [4.78, 5) is 24.7. The zero-order valence-electron chi connectivity index (χ0n) is 19.1. The summed E-state index contributed by atoms with van der Waals surface area (Å²) in [6.07, 6.45) is 0.715. The Morgan fingerprint density at radius 3 is 2.32 bits per heavy atom. The van der Waals surface area contributed by atoms with Crippen LogP contribution in [0, 0.1) is 13.8 Å². The molecule has 7 nitrogen and oxygen atoms in total. The fraction of sp³-hybridized carbons (Fsp3) is 0.192. The largest absolute Gasteiger partial charge is 0.492 e. The van der Waals surface area contributed by atoms with E-state index in [9.17, 15) is 9.59 Å². The van der Waals surface area contributed by atoms with E-state index in [1.165, 1.54) is 0 Å². The van der Waals surface area contributed by atoms with Crippen LogP contribution in [0.15, 0.2) is 72.8 Å². The summed E-state index contributed by atoms with van der Waals surface area (Å²) in [5, 5.41) is 2.48. The molecule has 0 aliphatic heterocycles. The zero-order chi connectivity index (χ0) is 24.3. The minimum Gasteiger partial charge on any atom is -0.492 e. The Kier molecular flexibility index (Phi) is 8.99. The van der Waals surface area contributed by atoms with E-state index in [0.29, 0.717) is 30.1 Å². The number of carbonyl (C=O) groups is 2. The smallest absolute Gasteiger partial charge is 0.276 e. The lowest BCUT2D eigenvalue weighted by atomic mass is 10.1. The maximum absolute atomic E-state index is 12.7. The van der Waals surface area contributed by atoms with E-state index in [1.54, 1.807) is 30.3 Å². The second-order valence-electron chi connectivity index (χ2n) is 7.52. The van der Waals surface area contributed by atoms with Crippen LogP contribution in [0.2, 0.25) is 0 Å². The molecule has 176 valence electrons. The van der Waals surface area contributed by atoms with Gasteiger partial charge in [0.05, 0.1) is 12.2 Å². The van der Waals surface area contributed by atoms with Crippen molar-refractivity contribution in [2.24, 2.45) is 0 Å². The van der Waals surface area contributed by atoms with E-state index < -0.39 is 11.8 Å². The minimum absolute atomic E-state index is 0.0517. The summed E-state index contributed by atoms with van der Waals surface area (Å²) in [5.41, 5.74) is 8.44. The monoisotopic (exact) mass is 477 g/mol. The van der Waals surface area contributed by atoms with Gasteiger partial charge in [-0.3, -0.25) is 25.8 Å². The van der Waals surface area contributed by atoms with Gasteiger partial charge < -0.3 is 9.47 Å². The zero-order valence-corrected chi connectivity index (χ0v) is 19.9. The third-order valence-corrected chi connectivity index (χ3v) is 5.28. The molecule has 0 spiro atoms. The predicted molar refractivity (Wildman–Crippen MR) is 135 cm³/mol. The number of hydrazine groups is 1. The molecule has 2 amide bonds. The quantitative estimate of drug-likeness (QED) is 0.339. The maximum atomic E-state index is 12.7. The molecular weight excluding hydrogens is 450 g/mol. The van der Waals surface area contributed by atoms with Crippen molar-refractivity contribution < 1.29 is 19.1 Å². The molecule has 0 fully saturated rings. The first-order valence-corrected chi connectivity index (χ1v) is 11.2. The van der Waals surface area contributed by atoms with Crippen LogP contribution < -0.4 is 25.6 Å². The van der Waals surface area contributed by atoms with Gasteiger partial charge >= 0.3 is 0 Å². The van der Waals surface area contributed by atoms with Gasteiger partial charge in [0.2, 0.25) is 0 Å². The third kappa shape index (κ3) is 7.31. The van der Waals surface area contributed by atoms with Crippen molar-refractivity contribution in [1.82, 2.24) is 16.2 Å². The molecule has 34 heavy (non-hydrogen) atoms. The van der Waals surface area contributed by atoms with E-state index in [1.807, 2.05) is 56.3 Å². The second-order valence-corrected chi connectivity index (χ2v) is 7.93. The average Bonchev–Trinajstić information content (AvgIpc) is 2.84. The van der Waals surface area contributed by atoms with Gasteiger partial charge in [0.15, 0.2) is 11.7 Å². The van der Waals surface area contributed by atoms with E-state index >= 15 is 0 Å². The Bertz CT molecular complexity index is 1150. The normalized spacial score (nSPS) is 10.2. The fourth-order valence-corrected chi connectivity index (χ4v) is 3.24. The molecule has 0 aromatic heterocycles. The lowest BCUT2D eigenvalue weighted by Gasteiger charge is -2.14. The Balaban J connectivity index is 1.45. The maximum Gasteiger partial charge on any atom is 0.276 e. The SMILES string of the molecule is Cc1cccc(OCC(=O)NNC(=S)NC(=O)c2ccccc2OCCc2ccccc2)c1C. The molecule has 3 aromatic carbocycles. The van der Waals surface area contributed by atoms with Gasteiger partial charge in [-0.05, 0) is 61.0 Å². The highest BCUT2D eigenvalue weighted by Gasteiger charge is 2.14. The van der Waals surface area contributed by atoms with Crippen molar-refractivity contribution in [2.45, 2.75) is 20.3 Å². The van der Waals surface area contributed by atoms with Crippen LogP contribution in [-0.2, 0) is 11.2 Å². The van der Waals surface area contributed by atoms with Crippen LogP contribution in [0.25, 0.3) is 0 Å². The third-order valence-electron chi connectivity index (χ3n) is 5.08. The molecule has 0 radical (unpaired) electrons. The number of hydrogen-bond donors (Lipinski definition) is 3. The van der Waals surface area contributed by atoms with Gasteiger partial charge in [0, 0.05) is 6.42 Å². The number of thiocarbonyl (C=S) groups is 1. The summed E-state index contributed by atoms with van der Waals surface area (Å²) in [5.74, 6) is 0.190.